The number of phenols is 1. The van der Waals surface area contributed by atoms with E-state index in [1.54, 1.807) is 30.3 Å². The van der Waals surface area contributed by atoms with Crippen molar-refractivity contribution in [1.29, 1.82) is 0 Å². The predicted molar refractivity (Wildman–Crippen MR) is 101 cm³/mol. The molecule has 1 unspecified atom stereocenters. The Morgan fingerprint density at radius 3 is 2.31 bits per heavy atom. The third-order valence-electron chi connectivity index (χ3n) is 5.18. The number of benzene rings is 2. The van der Waals surface area contributed by atoms with Gasteiger partial charge in [-0.2, -0.15) is 0 Å². The van der Waals surface area contributed by atoms with E-state index in [1.165, 1.54) is 6.07 Å². The highest BCUT2D eigenvalue weighted by Gasteiger charge is 2.38. The van der Waals surface area contributed by atoms with Crippen molar-refractivity contribution in [3.63, 3.8) is 0 Å². The van der Waals surface area contributed by atoms with Gasteiger partial charge >= 0.3 is 0 Å². The number of rotatable bonds is 2. The minimum atomic E-state index is -0.633. The SMILES string of the molecule is C=CC1(c2cc(O)c3c(c2N)C(=O)c2ccccc2C3=O)C=CC=CC1. The predicted octanol–water partition coefficient (Wildman–Crippen LogP) is 3.69. The van der Waals surface area contributed by atoms with E-state index in [0.29, 0.717) is 17.5 Å². The first-order chi connectivity index (χ1) is 12.5. The summed E-state index contributed by atoms with van der Waals surface area (Å²) in [4.78, 5) is 25.9. The lowest BCUT2D eigenvalue weighted by Gasteiger charge is -2.32. The fourth-order valence-corrected chi connectivity index (χ4v) is 3.78. The van der Waals surface area contributed by atoms with Crippen molar-refractivity contribution in [1.82, 2.24) is 0 Å². The second-order valence-electron chi connectivity index (χ2n) is 6.55. The van der Waals surface area contributed by atoms with Gasteiger partial charge in [0.05, 0.1) is 11.1 Å². The Morgan fingerprint density at radius 2 is 1.73 bits per heavy atom. The number of nitrogens with two attached hydrogens (primary N) is 1. The smallest absolute Gasteiger partial charge is 0.198 e. The van der Waals surface area contributed by atoms with Gasteiger partial charge in [-0.3, -0.25) is 9.59 Å². The number of fused-ring (bicyclic) bond motifs is 2. The Kier molecular flexibility index (Phi) is 3.44. The van der Waals surface area contributed by atoms with Gasteiger partial charge in [0.15, 0.2) is 11.6 Å². The third-order valence-corrected chi connectivity index (χ3v) is 5.18. The molecule has 0 saturated heterocycles. The largest absolute Gasteiger partial charge is 0.507 e. The van der Waals surface area contributed by atoms with E-state index in [0.717, 1.165) is 0 Å². The molecule has 0 heterocycles. The molecule has 0 aromatic heterocycles. The van der Waals surface area contributed by atoms with E-state index in [9.17, 15) is 14.7 Å². The van der Waals surface area contributed by atoms with Gasteiger partial charge < -0.3 is 10.8 Å². The molecule has 0 fully saturated rings. The van der Waals surface area contributed by atoms with Crippen LogP contribution in [0.25, 0.3) is 0 Å². The molecule has 0 amide bonds. The van der Waals surface area contributed by atoms with Crippen molar-refractivity contribution in [3.8, 4) is 5.75 Å². The normalized spacial score (nSPS) is 20.6. The number of nitrogen functional groups attached to an aromatic ring is 1. The first-order valence-corrected chi connectivity index (χ1v) is 8.32. The van der Waals surface area contributed by atoms with Gasteiger partial charge in [-0.15, -0.1) is 6.58 Å². The highest BCUT2D eigenvalue weighted by molar-refractivity contribution is 6.31. The average Bonchev–Trinajstić information content (AvgIpc) is 2.68. The molecule has 0 saturated carbocycles. The summed E-state index contributed by atoms with van der Waals surface area (Å²) < 4.78 is 0. The first kappa shape index (κ1) is 16.1. The van der Waals surface area contributed by atoms with Gasteiger partial charge in [0, 0.05) is 22.2 Å². The van der Waals surface area contributed by atoms with Crippen molar-refractivity contribution in [2.75, 3.05) is 5.73 Å². The van der Waals surface area contributed by atoms with Crippen molar-refractivity contribution >= 4 is 17.3 Å². The van der Waals surface area contributed by atoms with Gasteiger partial charge in [0.25, 0.3) is 0 Å². The van der Waals surface area contributed by atoms with Crippen LogP contribution in [-0.2, 0) is 5.41 Å². The molecule has 3 N–H and O–H groups in total. The molecule has 2 aromatic rings. The van der Waals surface area contributed by atoms with Gasteiger partial charge in [-0.1, -0.05) is 54.6 Å². The number of allylic oxidation sites excluding steroid dienone is 5. The van der Waals surface area contributed by atoms with Gasteiger partial charge in [0.1, 0.15) is 5.75 Å². The van der Waals surface area contributed by atoms with Crippen LogP contribution >= 0.6 is 0 Å². The molecule has 128 valence electrons. The van der Waals surface area contributed by atoms with E-state index in [1.807, 2.05) is 24.3 Å². The Hall–Kier alpha value is -3.40. The lowest BCUT2D eigenvalue weighted by Crippen LogP contribution is -2.28. The zero-order chi connectivity index (χ0) is 18.5. The number of aromatic hydroxyl groups is 1. The van der Waals surface area contributed by atoms with Crippen LogP contribution in [-0.4, -0.2) is 16.7 Å². The molecule has 0 aliphatic heterocycles. The summed E-state index contributed by atoms with van der Waals surface area (Å²) in [6.07, 6.45) is 10.0. The molecule has 26 heavy (non-hydrogen) atoms. The summed E-state index contributed by atoms with van der Waals surface area (Å²) >= 11 is 0. The van der Waals surface area contributed by atoms with Crippen molar-refractivity contribution in [2.24, 2.45) is 0 Å². The van der Waals surface area contributed by atoms with Crippen LogP contribution in [0, 0.1) is 0 Å². The number of anilines is 1. The third kappa shape index (κ3) is 2.02. The Labute approximate surface area is 151 Å². The minimum absolute atomic E-state index is 0.0236. The minimum Gasteiger partial charge on any atom is -0.507 e. The summed E-state index contributed by atoms with van der Waals surface area (Å²) in [6.45, 7) is 3.91. The maximum Gasteiger partial charge on any atom is 0.198 e. The van der Waals surface area contributed by atoms with E-state index >= 15 is 0 Å². The molecule has 2 aliphatic rings. The molecule has 0 spiro atoms. The first-order valence-electron chi connectivity index (χ1n) is 8.32. The van der Waals surface area contributed by atoms with Gasteiger partial charge in [0.2, 0.25) is 0 Å². The van der Waals surface area contributed by atoms with Crippen molar-refractivity contribution in [3.05, 3.63) is 95.1 Å². The van der Waals surface area contributed by atoms with Crippen LogP contribution in [0.2, 0.25) is 0 Å². The lowest BCUT2D eigenvalue weighted by molar-refractivity contribution is 0.0977. The monoisotopic (exact) mass is 343 g/mol. The van der Waals surface area contributed by atoms with Crippen LogP contribution in [0.1, 0.15) is 43.8 Å². The summed E-state index contributed by atoms with van der Waals surface area (Å²) in [5, 5.41) is 10.6. The van der Waals surface area contributed by atoms with Crippen molar-refractivity contribution in [2.45, 2.75) is 11.8 Å². The number of phenolic OH excluding ortho intramolecular Hbond substituents is 1. The van der Waals surface area contributed by atoms with Crippen LogP contribution in [0.15, 0.2) is 67.3 Å². The molecule has 2 aromatic carbocycles. The van der Waals surface area contributed by atoms with Gasteiger partial charge in [-0.25, -0.2) is 0 Å². The lowest BCUT2D eigenvalue weighted by atomic mass is 9.72. The van der Waals surface area contributed by atoms with Crippen molar-refractivity contribution < 1.29 is 14.7 Å². The van der Waals surface area contributed by atoms with Crippen LogP contribution in [0.4, 0.5) is 5.69 Å². The Balaban J connectivity index is 2.02. The second kappa shape index (κ2) is 5.56. The quantitative estimate of drug-likeness (QED) is 0.422. The summed E-state index contributed by atoms with van der Waals surface area (Å²) in [5.41, 5.74) is 7.18. The Morgan fingerprint density at radius 1 is 1.08 bits per heavy atom. The summed E-state index contributed by atoms with van der Waals surface area (Å²) in [7, 11) is 0. The molecule has 0 radical (unpaired) electrons. The van der Waals surface area contributed by atoms with Crippen LogP contribution < -0.4 is 5.73 Å². The molecule has 4 nitrogen and oxygen atoms in total. The molecule has 2 aliphatic carbocycles. The number of hydrogen-bond donors (Lipinski definition) is 2. The second-order valence-corrected chi connectivity index (χ2v) is 6.55. The topological polar surface area (TPSA) is 80.4 Å². The number of hydrogen-bond acceptors (Lipinski definition) is 4. The molecular weight excluding hydrogens is 326 g/mol. The fraction of sp³-hybridized carbons (Fsp3) is 0.0909. The maximum atomic E-state index is 13.1. The molecular formula is C22H17NO3. The van der Waals surface area contributed by atoms with E-state index in [-0.39, 0.29) is 33.9 Å². The summed E-state index contributed by atoms with van der Waals surface area (Å²) in [6, 6.07) is 8.07. The Bertz CT molecular complexity index is 1050. The average molecular weight is 343 g/mol. The molecule has 4 heteroatoms. The molecule has 4 rings (SSSR count). The highest BCUT2D eigenvalue weighted by Crippen LogP contribution is 2.44. The number of ketones is 2. The number of carbonyl (C=O) groups excluding carboxylic acids is 2. The highest BCUT2D eigenvalue weighted by atomic mass is 16.3. The zero-order valence-corrected chi connectivity index (χ0v) is 14.0. The van der Waals surface area contributed by atoms with Gasteiger partial charge in [-0.05, 0) is 18.1 Å². The standard InChI is InChI=1S/C22H17NO3/c1-2-22(10-6-3-7-11-22)15-12-16(24)17-18(19(15)23)21(26)14-9-5-4-8-13(14)20(17)25/h2-10,12,24H,1,11,23H2. The molecule has 0 bridgehead atoms. The van der Waals surface area contributed by atoms with Crippen LogP contribution in [0.5, 0.6) is 5.75 Å². The van der Waals surface area contributed by atoms with E-state index in [2.05, 4.69) is 6.58 Å². The fourth-order valence-electron chi connectivity index (χ4n) is 3.78. The molecule has 1 atom stereocenters. The van der Waals surface area contributed by atoms with E-state index in [4.69, 9.17) is 5.73 Å². The summed E-state index contributed by atoms with van der Waals surface area (Å²) in [5.74, 6) is -0.974. The zero-order valence-electron chi connectivity index (χ0n) is 14.0. The number of carbonyl (C=O) groups is 2. The van der Waals surface area contributed by atoms with Crippen LogP contribution in [0.3, 0.4) is 0 Å². The van der Waals surface area contributed by atoms with E-state index < -0.39 is 11.2 Å². The maximum absolute atomic E-state index is 13.1.